The van der Waals surface area contributed by atoms with Crippen molar-refractivity contribution in [3.8, 4) is 0 Å². The predicted molar refractivity (Wildman–Crippen MR) is 81.5 cm³/mol. The number of aliphatic hydroxyl groups is 1. The van der Waals surface area contributed by atoms with E-state index in [1.807, 2.05) is 0 Å². The Morgan fingerprint density at radius 3 is 2.24 bits per heavy atom. The Morgan fingerprint density at radius 2 is 1.48 bits per heavy atom. The van der Waals surface area contributed by atoms with Crippen molar-refractivity contribution in [3.05, 3.63) is 69.8 Å². The van der Waals surface area contributed by atoms with E-state index in [2.05, 4.69) is 4.74 Å². The topological polar surface area (TPSA) is 99.1 Å². The summed E-state index contributed by atoms with van der Waals surface area (Å²) in [5, 5.41) is 9.66. The molecule has 4 rings (SSSR count). The number of hydrogen-bond acceptors (Lipinski definition) is 7. The fraction of sp³-hybridized carbons (Fsp3) is 0.167. The van der Waals surface area contributed by atoms with E-state index in [9.17, 15) is 19.5 Å². The van der Waals surface area contributed by atoms with Crippen LogP contribution in [0.25, 0.3) is 0 Å². The first-order valence-corrected chi connectivity index (χ1v) is 7.52. The lowest BCUT2D eigenvalue weighted by Gasteiger charge is -2.07. The van der Waals surface area contributed by atoms with E-state index < -0.39 is 24.2 Å². The highest BCUT2D eigenvalue weighted by Gasteiger charge is 2.30. The summed E-state index contributed by atoms with van der Waals surface area (Å²) < 4.78 is 14.9. The quantitative estimate of drug-likeness (QED) is 0.670. The lowest BCUT2D eigenvalue weighted by molar-refractivity contribution is -0.0548. The Kier molecular flexibility index (Phi) is 3.60. The standard InChI is InChI=1S/C18H12O7/c19-15-11-3-1-9(5-13(11)17(21)24-15)7-23-8-10-2-4-12-14(6-10)18(22)25-16(12)20/h1-6,17,21H,7-8H2. The first-order valence-electron chi connectivity index (χ1n) is 7.52. The molecule has 1 atom stereocenters. The first kappa shape index (κ1) is 15.5. The van der Waals surface area contributed by atoms with Gasteiger partial charge in [0.15, 0.2) is 0 Å². The van der Waals surface area contributed by atoms with Gasteiger partial charge in [0.05, 0.1) is 29.9 Å². The Hall–Kier alpha value is -3.03. The number of ether oxygens (including phenoxy) is 3. The van der Waals surface area contributed by atoms with Gasteiger partial charge < -0.3 is 19.3 Å². The number of rotatable bonds is 4. The molecule has 7 nitrogen and oxygen atoms in total. The molecule has 0 fully saturated rings. The molecule has 0 aromatic heterocycles. The summed E-state index contributed by atoms with van der Waals surface area (Å²) in [6.07, 6.45) is -1.25. The molecule has 2 heterocycles. The zero-order valence-electron chi connectivity index (χ0n) is 12.9. The Labute approximate surface area is 141 Å². The molecule has 0 radical (unpaired) electrons. The van der Waals surface area contributed by atoms with Gasteiger partial charge in [0, 0.05) is 5.56 Å². The second-order valence-corrected chi connectivity index (χ2v) is 5.73. The molecule has 25 heavy (non-hydrogen) atoms. The fourth-order valence-electron chi connectivity index (χ4n) is 2.83. The lowest BCUT2D eigenvalue weighted by atomic mass is 10.1. The monoisotopic (exact) mass is 340 g/mol. The van der Waals surface area contributed by atoms with Gasteiger partial charge in [-0.15, -0.1) is 0 Å². The molecule has 0 amide bonds. The Bertz CT molecular complexity index is 916. The summed E-state index contributed by atoms with van der Waals surface area (Å²) in [5.74, 6) is -1.84. The Morgan fingerprint density at radius 1 is 0.840 bits per heavy atom. The number of carbonyl (C=O) groups is 3. The van der Waals surface area contributed by atoms with E-state index in [1.54, 1.807) is 30.3 Å². The van der Waals surface area contributed by atoms with Crippen LogP contribution in [0, 0.1) is 0 Å². The average molecular weight is 340 g/mol. The minimum absolute atomic E-state index is 0.226. The minimum Gasteiger partial charge on any atom is -0.428 e. The van der Waals surface area contributed by atoms with Gasteiger partial charge >= 0.3 is 17.9 Å². The molecule has 1 unspecified atom stereocenters. The van der Waals surface area contributed by atoms with Crippen LogP contribution in [0.4, 0.5) is 0 Å². The van der Waals surface area contributed by atoms with Gasteiger partial charge in [-0.2, -0.15) is 0 Å². The SMILES string of the molecule is O=C1OC(=O)c2cc(COCc3ccc4c(c3)C(O)OC4=O)ccc21. The predicted octanol–water partition coefficient (Wildman–Crippen LogP) is 1.88. The highest BCUT2D eigenvalue weighted by Crippen LogP contribution is 2.29. The van der Waals surface area contributed by atoms with Crippen LogP contribution in [0.1, 0.15) is 54.1 Å². The number of cyclic esters (lactones) is 3. The second-order valence-electron chi connectivity index (χ2n) is 5.73. The van der Waals surface area contributed by atoms with Crippen molar-refractivity contribution in [1.82, 2.24) is 0 Å². The largest absolute Gasteiger partial charge is 0.428 e. The van der Waals surface area contributed by atoms with Crippen molar-refractivity contribution in [2.75, 3.05) is 0 Å². The molecule has 0 spiro atoms. The molecule has 1 N–H and O–H groups in total. The van der Waals surface area contributed by atoms with Crippen molar-refractivity contribution in [1.29, 1.82) is 0 Å². The molecule has 2 aliphatic heterocycles. The summed E-state index contributed by atoms with van der Waals surface area (Å²) in [6.45, 7) is 0.471. The summed E-state index contributed by atoms with van der Waals surface area (Å²) in [7, 11) is 0. The van der Waals surface area contributed by atoms with Crippen molar-refractivity contribution >= 4 is 17.9 Å². The smallest absolute Gasteiger partial charge is 0.346 e. The maximum atomic E-state index is 11.5. The van der Waals surface area contributed by atoms with E-state index in [-0.39, 0.29) is 24.3 Å². The van der Waals surface area contributed by atoms with Crippen molar-refractivity contribution in [2.24, 2.45) is 0 Å². The van der Waals surface area contributed by atoms with Crippen molar-refractivity contribution in [2.45, 2.75) is 19.5 Å². The molecular formula is C18H12O7. The average Bonchev–Trinajstić information content (AvgIpc) is 3.04. The van der Waals surface area contributed by atoms with Crippen LogP contribution in [-0.2, 0) is 27.4 Å². The third-order valence-electron chi connectivity index (χ3n) is 4.07. The van der Waals surface area contributed by atoms with E-state index in [4.69, 9.17) is 9.47 Å². The molecule has 126 valence electrons. The summed E-state index contributed by atoms with van der Waals surface area (Å²) in [6, 6.07) is 9.76. The molecule has 0 saturated heterocycles. The molecular weight excluding hydrogens is 328 g/mol. The van der Waals surface area contributed by atoms with E-state index in [1.165, 1.54) is 6.07 Å². The van der Waals surface area contributed by atoms with Gasteiger partial charge in [0.25, 0.3) is 0 Å². The van der Waals surface area contributed by atoms with Crippen LogP contribution in [0.5, 0.6) is 0 Å². The molecule has 2 aliphatic rings. The molecule has 7 heteroatoms. The molecule has 0 aliphatic carbocycles. The lowest BCUT2D eigenvalue weighted by Crippen LogP contribution is -1.99. The minimum atomic E-state index is -1.25. The maximum absolute atomic E-state index is 11.5. The van der Waals surface area contributed by atoms with Crippen LogP contribution >= 0.6 is 0 Å². The second kappa shape index (κ2) is 5.80. The van der Waals surface area contributed by atoms with Crippen LogP contribution < -0.4 is 0 Å². The summed E-state index contributed by atoms with van der Waals surface area (Å²) in [4.78, 5) is 34.4. The van der Waals surface area contributed by atoms with Gasteiger partial charge in [-0.3, -0.25) is 0 Å². The summed E-state index contributed by atoms with van der Waals surface area (Å²) >= 11 is 0. The number of fused-ring (bicyclic) bond motifs is 2. The zero-order chi connectivity index (χ0) is 17.6. The molecule has 0 saturated carbocycles. The van der Waals surface area contributed by atoms with Crippen molar-refractivity contribution < 1.29 is 33.7 Å². The van der Waals surface area contributed by atoms with Gasteiger partial charge in [-0.1, -0.05) is 12.1 Å². The van der Waals surface area contributed by atoms with Crippen LogP contribution in [0.15, 0.2) is 36.4 Å². The van der Waals surface area contributed by atoms with Gasteiger partial charge in [0.2, 0.25) is 6.29 Å². The molecule has 2 aromatic carbocycles. The number of carbonyl (C=O) groups excluding carboxylic acids is 3. The number of hydrogen-bond donors (Lipinski definition) is 1. The van der Waals surface area contributed by atoms with Crippen molar-refractivity contribution in [3.63, 3.8) is 0 Å². The third-order valence-corrected chi connectivity index (χ3v) is 4.07. The number of aliphatic hydroxyl groups excluding tert-OH is 1. The number of benzene rings is 2. The normalized spacial score (nSPS) is 18.0. The highest BCUT2D eigenvalue weighted by molar-refractivity contribution is 6.14. The summed E-state index contributed by atoms with van der Waals surface area (Å²) in [5.41, 5.74) is 2.76. The Balaban J connectivity index is 1.43. The van der Waals surface area contributed by atoms with E-state index in [0.29, 0.717) is 11.1 Å². The van der Waals surface area contributed by atoms with Crippen LogP contribution in [-0.4, -0.2) is 23.0 Å². The van der Waals surface area contributed by atoms with Gasteiger partial charge in [-0.05, 0) is 35.4 Å². The van der Waals surface area contributed by atoms with Crippen LogP contribution in [0.3, 0.4) is 0 Å². The van der Waals surface area contributed by atoms with Gasteiger partial charge in [0.1, 0.15) is 0 Å². The maximum Gasteiger partial charge on any atom is 0.346 e. The van der Waals surface area contributed by atoms with Crippen LogP contribution in [0.2, 0.25) is 0 Å². The number of esters is 3. The van der Waals surface area contributed by atoms with E-state index in [0.717, 1.165) is 11.1 Å². The van der Waals surface area contributed by atoms with E-state index >= 15 is 0 Å². The van der Waals surface area contributed by atoms with Gasteiger partial charge in [-0.25, -0.2) is 14.4 Å². The third kappa shape index (κ3) is 2.69. The first-order chi connectivity index (χ1) is 12.0. The highest BCUT2D eigenvalue weighted by atomic mass is 16.6. The molecule has 0 bridgehead atoms. The fourth-order valence-corrected chi connectivity index (χ4v) is 2.83. The zero-order valence-corrected chi connectivity index (χ0v) is 12.9. The molecule has 2 aromatic rings.